The van der Waals surface area contributed by atoms with Crippen LogP contribution in [0, 0.1) is 18.8 Å². The van der Waals surface area contributed by atoms with Gasteiger partial charge in [0, 0.05) is 6.54 Å². The molecule has 2 rings (SSSR count). The Hall–Kier alpha value is -1.18. The highest BCUT2D eigenvalue weighted by molar-refractivity contribution is 5.69. The molecule has 2 unspecified atom stereocenters. The van der Waals surface area contributed by atoms with Gasteiger partial charge in [-0.1, -0.05) is 38.3 Å². The van der Waals surface area contributed by atoms with Crippen LogP contribution < -0.4 is 11.1 Å². The van der Waals surface area contributed by atoms with E-state index < -0.39 is 0 Å². The summed E-state index contributed by atoms with van der Waals surface area (Å²) in [6.45, 7) is 5.56. The Morgan fingerprint density at radius 1 is 1.29 bits per heavy atom. The van der Waals surface area contributed by atoms with Crippen LogP contribution in [0.5, 0.6) is 0 Å². The van der Waals surface area contributed by atoms with Crippen LogP contribution >= 0.6 is 0 Å². The number of anilines is 2. The lowest BCUT2D eigenvalue weighted by atomic mass is 9.80. The number of aryl methyl sites for hydroxylation is 1. The zero-order chi connectivity index (χ0) is 12.3. The molecule has 1 fully saturated rings. The fraction of sp³-hybridized carbons (Fsp3) is 0.600. The lowest BCUT2D eigenvalue weighted by molar-refractivity contribution is 0.268. The molecule has 17 heavy (non-hydrogen) atoms. The fourth-order valence-corrected chi connectivity index (χ4v) is 2.86. The Morgan fingerprint density at radius 2 is 2.06 bits per heavy atom. The minimum absolute atomic E-state index is 0.808. The van der Waals surface area contributed by atoms with Crippen LogP contribution in [0.15, 0.2) is 18.2 Å². The second-order valence-electron chi connectivity index (χ2n) is 5.44. The van der Waals surface area contributed by atoms with Gasteiger partial charge in [0.25, 0.3) is 0 Å². The first kappa shape index (κ1) is 12.3. The van der Waals surface area contributed by atoms with E-state index in [0.29, 0.717) is 0 Å². The van der Waals surface area contributed by atoms with E-state index in [1.807, 2.05) is 12.1 Å². The Labute approximate surface area is 105 Å². The van der Waals surface area contributed by atoms with Crippen LogP contribution in [-0.2, 0) is 0 Å². The van der Waals surface area contributed by atoms with Gasteiger partial charge in [-0.3, -0.25) is 0 Å². The topological polar surface area (TPSA) is 38.0 Å². The van der Waals surface area contributed by atoms with Crippen molar-refractivity contribution in [3.05, 3.63) is 23.8 Å². The molecular formula is C15H24N2. The maximum Gasteiger partial charge on any atom is 0.0603 e. The molecule has 1 aromatic rings. The molecule has 0 radical (unpaired) electrons. The number of hydrogen-bond donors (Lipinski definition) is 2. The van der Waals surface area contributed by atoms with Gasteiger partial charge in [-0.15, -0.1) is 0 Å². The number of rotatable bonds is 3. The average molecular weight is 232 g/mol. The van der Waals surface area contributed by atoms with Crippen LogP contribution in [0.2, 0.25) is 0 Å². The van der Waals surface area contributed by atoms with Crippen LogP contribution in [0.3, 0.4) is 0 Å². The first-order chi connectivity index (χ1) is 8.18. The average Bonchev–Trinajstić information content (AvgIpc) is 2.30. The van der Waals surface area contributed by atoms with Gasteiger partial charge in [0.2, 0.25) is 0 Å². The molecule has 2 heteroatoms. The third-order valence-electron chi connectivity index (χ3n) is 4.14. The molecule has 2 atom stereocenters. The summed E-state index contributed by atoms with van der Waals surface area (Å²) in [5, 5.41) is 3.56. The van der Waals surface area contributed by atoms with Crippen molar-refractivity contribution in [3.63, 3.8) is 0 Å². The van der Waals surface area contributed by atoms with Gasteiger partial charge in [-0.05, 0) is 36.8 Å². The highest BCUT2D eigenvalue weighted by atomic mass is 14.9. The van der Waals surface area contributed by atoms with E-state index in [0.717, 1.165) is 29.8 Å². The van der Waals surface area contributed by atoms with Crippen LogP contribution in [0.25, 0.3) is 0 Å². The third kappa shape index (κ3) is 2.93. The van der Waals surface area contributed by atoms with Crippen molar-refractivity contribution in [2.24, 2.45) is 11.8 Å². The standard InChI is InChI=1S/C15H24N2/c1-11-6-3-4-8-13(11)10-17-15-12(2)7-5-9-14(15)16/h5,7,9,11,13,17H,3-4,6,8,10,16H2,1-2H3. The Balaban J connectivity index is 1.97. The minimum Gasteiger partial charge on any atom is -0.397 e. The lowest BCUT2D eigenvalue weighted by Gasteiger charge is -2.29. The summed E-state index contributed by atoms with van der Waals surface area (Å²) in [7, 11) is 0. The number of nitrogens with one attached hydrogen (secondary N) is 1. The molecule has 1 aliphatic rings. The first-order valence-corrected chi connectivity index (χ1v) is 6.77. The maximum absolute atomic E-state index is 6.01. The van der Waals surface area contributed by atoms with Gasteiger partial charge >= 0.3 is 0 Å². The van der Waals surface area contributed by atoms with E-state index in [1.165, 1.54) is 31.2 Å². The molecule has 0 heterocycles. The maximum atomic E-state index is 6.01. The van der Waals surface area contributed by atoms with E-state index in [4.69, 9.17) is 5.73 Å². The molecule has 0 aromatic heterocycles. The van der Waals surface area contributed by atoms with Crippen molar-refractivity contribution in [2.75, 3.05) is 17.6 Å². The fourth-order valence-electron chi connectivity index (χ4n) is 2.86. The van der Waals surface area contributed by atoms with Gasteiger partial charge in [-0.2, -0.15) is 0 Å². The van der Waals surface area contributed by atoms with Crippen LogP contribution in [0.1, 0.15) is 38.2 Å². The molecule has 94 valence electrons. The number of para-hydroxylation sites is 1. The number of hydrogen-bond acceptors (Lipinski definition) is 2. The first-order valence-electron chi connectivity index (χ1n) is 6.77. The Kier molecular flexibility index (Phi) is 3.93. The largest absolute Gasteiger partial charge is 0.397 e. The van der Waals surface area contributed by atoms with E-state index in [-0.39, 0.29) is 0 Å². The van der Waals surface area contributed by atoms with Crippen molar-refractivity contribution in [1.82, 2.24) is 0 Å². The molecule has 1 aromatic carbocycles. The third-order valence-corrected chi connectivity index (χ3v) is 4.14. The number of benzene rings is 1. The van der Waals surface area contributed by atoms with E-state index in [9.17, 15) is 0 Å². The second-order valence-corrected chi connectivity index (χ2v) is 5.44. The SMILES string of the molecule is Cc1cccc(N)c1NCC1CCCCC1C. The van der Waals surface area contributed by atoms with Crippen molar-refractivity contribution in [2.45, 2.75) is 39.5 Å². The monoisotopic (exact) mass is 232 g/mol. The molecule has 1 aliphatic carbocycles. The van der Waals surface area contributed by atoms with Crippen LogP contribution in [-0.4, -0.2) is 6.54 Å². The summed E-state index contributed by atoms with van der Waals surface area (Å²) in [6.07, 6.45) is 5.54. The summed E-state index contributed by atoms with van der Waals surface area (Å²) in [5.41, 5.74) is 9.25. The van der Waals surface area contributed by atoms with E-state index >= 15 is 0 Å². The minimum atomic E-state index is 0.808. The van der Waals surface area contributed by atoms with Crippen molar-refractivity contribution < 1.29 is 0 Å². The van der Waals surface area contributed by atoms with Gasteiger partial charge in [-0.25, -0.2) is 0 Å². The van der Waals surface area contributed by atoms with Crippen LogP contribution in [0.4, 0.5) is 11.4 Å². The quantitative estimate of drug-likeness (QED) is 0.778. The summed E-state index contributed by atoms with van der Waals surface area (Å²) >= 11 is 0. The van der Waals surface area contributed by atoms with Crippen molar-refractivity contribution in [1.29, 1.82) is 0 Å². The van der Waals surface area contributed by atoms with E-state index in [2.05, 4.69) is 25.2 Å². The Bertz CT molecular complexity index is 353. The summed E-state index contributed by atoms with van der Waals surface area (Å²) in [4.78, 5) is 0. The molecule has 3 N–H and O–H groups in total. The smallest absolute Gasteiger partial charge is 0.0603 e. The molecule has 0 aliphatic heterocycles. The van der Waals surface area contributed by atoms with Crippen molar-refractivity contribution >= 4 is 11.4 Å². The Morgan fingerprint density at radius 3 is 2.76 bits per heavy atom. The molecule has 0 spiro atoms. The number of nitrogen functional groups attached to an aromatic ring is 1. The summed E-state index contributed by atoms with van der Waals surface area (Å²) in [5.74, 6) is 1.66. The van der Waals surface area contributed by atoms with Crippen molar-refractivity contribution in [3.8, 4) is 0 Å². The zero-order valence-electron chi connectivity index (χ0n) is 11.0. The molecular weight excluding hydrogens is 208 g/mol. The normalized spacial score (nSPS) is 24.6. The zero-order valence-corrected chi connectivity index (χ0v) is 11.0. The summed E-state index contributed by atoms with van der Waals surface area (Å²) < 4.78 is 0. The molecule has 0 amide bonds. The lowest BCUT2D eigenvalue weighted by Crippen LogP contribution is -2.24. The molecule has 2 nitrogen and oxygen atoms in total. The predicted molar refractivity (Wildman–Crippen MR) is 75.2 cm³/mol. The van der Waals surface area contributed by atoms with Gasteiger partial charge < -0.3 is 11.1 Å². The molecule has 0 bridgehead atoms. The van der Waals surface area contributed by atoms with Gasteiger partial charge in [0.05, 0.1) is 11.4 Å². The highest BCUT2D eigenvalue weighted by Crippen LogP contribution is 2.31. The second kappa shape index (κ2) is 5.44. The molecule has 0 saturated heterocycles. The highest BCUT2D eigenvalue weighted by Gasteiger charge is 2.21. The summed E-state index contributed by atoms with van der Waals surface area (Å²) in [6, 6.07) is 6.10. The molecule has 1 saturated carbocycles. The predicted octanol–water partition coefficient (Wildman–Crippen LogP) is 3.82. The van der Waals surface area contributed by atoms with Gasteiger partial charge in [0.15, 0.2) is 0 Å². The van der Waals surface area contributed by atoms with Gasteiger partial charge in [0.1, 0.15) is 0 Å². The number of nitrogens with two attached hydrogens (primary N) is 1. The van der Waals surface area contributed by atoms with E-state index in [1.54, 1.807) is 0 Å².